The van der Waals surface area contributed by atoms with Crippen LogP contribution in [0.15, 0.2) is 0 Å². The van der Waals surface area contributed by atoms with Crippen LogP contribution in [-0.4, -0.2) is 3.92 Å². The van der Waals surface area contributed by atoms with Gasteiger partial charge in [0.2, 0.25) is 0 Å². The molecule has 0 N–H and O–H groups in total. The van der Waals surface area contributed by atoms with Gasteiger partial charge in [0.05, 0.1) is 0 Å². The van der Waals surface area contributed by atoms with Crippen LogP contribution in [0.4, 0.5) is 0 Å². The third-order valence-corrected chi connectivity index (χ3v) is 6.57. The van der Waals surface area contributed by atoms with Crippen molar-refractivity contribution in [1.29, 1.82) is 0 Å². The summed E-state index contributed by atoms with van der Waals surface area (Å²) in [7, 11) is 0. The number of halogens is 1. The van der Waals surface area contributed by atoms with E-state index in [4.69, 9.17) is 0 Å². The minimum absolute atomic E-state index is 0.624. The molecule has 2 rings (SSSR count). The lowest BCUT2D eigenvalue weighted by Crippen LogP contribution is -2.32. The highest BCUT2D eigenvalue weighted by Gasteiger charge is 2.60. The van der Waals surface area contributed by atoms with E-state index >= 15 is 0 Å². The monoisotopic (exact) mass is 264 g/mol. The van der Waals surface area contributed by atoms with Gasteiger partial charge in [0, 0.05) is 3.92 Å². The van der Waals surface area contributed by atoms with Crippen molar-refractivity contribution >= 4 is 22.6 Å². The van der Waals surface area contributed by atoms with E-state index in [0.717, 1.165) is 9.84 Å². The lowest BCUT2D eigenvalue weighted by molar-refractivity contribution is 0.160. The Morgan fingerprint density at radius 1 is 1.27 bits per heavy atom. The van der Waals surface area contributed by atoms with Crippen molar-refractivity contribution in [2.45, 2.75) is 44.0 Å². The van der Waals surface area contributed by atoms with Crippen LogP contribution in [0.2, 0.25) is 0 Å². The average molecular weight is 264 g/mol. The minimum atomic E-state index is 0.624. The highest BCUT2D eigenvalue weighted by atomic mass is 127. The van der Waals surface area contributed by atoms with Gasteiger partial charge in [0.25, 0.3) is 0 Å². The van der Waals surface area contributed by atoms with Gasteiger partial charge in [-0.2, -0.15) is 0 Å². The zero-order valence-corrected chi connectivity index (χ0v) is 9.81. The van der Waals surface area contributed by atoms with Crippen molar-refractivity contribution in [3.63, 3.8) is 0 Å². The molecular formula is C10H17I. The summed E-state index contributed by atoms with van der Waals surface area (Å²) in [5, 5.41) is 0. The Balaban J connectivity index is 2.40. The van der Waals surface area contributed by atoms with Crippen molar-refractivity contribution in [3.8, 4) is 0 Å². The van der Waals surface area contributed by atoms with Gasteiger partial charge in [-0.1, -0.05) is 43.4 Å². The summed E-state index contributed by atoms with van der Waals surface area (Å²) in [6, 6.07) is 0. The highest BCUT2D eigenvalue weighted by molar-refractivity contribution is 14.1. The van der Waals surface area contributed by atoms with E-state index in [9.17, 15) is 0 Å². The van der Waals surface area contributed by atoms with Crippen molar-refractivity contribution in [1.82, 2.24) is 0 Å². The van der Waals surface area contributed by atoms with E-state index in [2.05, 4.69) is 43.4 Å². The van der Waals surface area contributed by atoms with Gasteiger partial charge in [-0.3, -0.25) is 0 Å². The smallest absolute Gasteiger partial charge is 0.0171 e. The fraction of sp³-hybridized carbons (Fsp3) is 1.00. The van der Waals surface area contributed by atoms with E-state index in [1.165, 1.54) is 19.3 Å². The van der Waals surface area contributed by atoms with Gasteiger partial charge < -0.3 is 0 Å². The largest absolute Gasteiger partial charge is 0.0820 e. The van der Waals surface area contributed by atoms with Crippen LogP contribution in [0.25, 0.3) is 0 Å². The van der Waals surface area contributed by atoms with Crippen LogP contribution in [0, 0.1) is 16.7 Å². The second kappa shape index (κ2) is 2.15. The summed E-state index contributed by atoms with van der Waals surface area (Å²) in [5.74, 6) is 1.02. The van der Waals surface area contributed by atoms with Crippen molar-refractivity contribution in [2.24, 2.45) is 16.7 Å². The third kappa shape index (κ3) is 0.812. The number of hydrogen-bond donors (Lipinski definition) is 0. The Morgan fingerprint density at radius 2 is 1.91 bits per heavy atom. The molecule has 11 heavy (non-hydrogen) atoms. The second-order valence-corrected chi connectivity index (χ2v) is 6.58. The molecule has 0 aromatic carbocycles. The fourth-order valence-corrected chi connectivity index (χ4v) is 4.83. The van der Waals surface area contributed by atoms with E-state index in [1.54, 1.807) is 0 Å². The van der Waals surface area contributed by atoms with Gasteiger partial charge in [0.1, 0.15) is 0 Å². The van der Waals surface area contributed by atoms with E-state index < -0.39 is 0 Å². The highest BCUT2D eigenvalue weighted by Crippen LogP contribution is 2.67. The first-order valence-electron chi connectivity index (χ1n) is 4.62. The molecule has 3 unspecified atom stereocenters. The molecule has 2 fully saturated rings. The van der Waals surface area contributed by atoms with Crippen LogP contribution in [0.5, 0.6) is 0 Å². The minimum Gasteiger partial charge on any atom is -0.0820 e. The summed E-state index contributed by atoms with van der Waals surface area (Å²) in [6.45, 7) is 7.45. The molecule has 0 aliphatic heterocycles. The van der Waals surface area contributed by atoms with Gasteiger partial charge in [-0.15, -0.1) is 0 Å². The van der Waals surface area contributed by atoms with Crippen LogP contribution in [-0.2, 0) is 0 Å². The molecule has 2 aliphatic carbocycles. The van der Waals surface area contributed by atoms with Crippen molar-refractivity contribution < 1.29 is 0 Å². The Kier molecular flexibility index (Phi) is 1.63. The van der Waals surface area contributed by atoms with Crippen LogP contribution in [0.1, 0.15) is 40.0 Å². The second-order valence-electron chi connectivity index (χ2n) is 5.08. The predicted molar refractivity (Wildman–Crippen MR) is 57.0 cm³/mol. The predicted octanol–water partition coefficient (Wildman–Crippen LogP) is 3.64. The standard InChI is InChI=1S/C10H17I/c1-9(2)7-4-5-10(9,3)8(11)6-7/h7-8H,4-6H2,1-3H3. The quantitative estimate of drug-likeness (QED) is 0.463. The molecule has 3 atom stereocenters. The van der Waals surface area contributed by atoms with Gasteiger partial charge in [0.15, 0.2) is 0 Å². The average Bonchev–Trinajstić information content (AvgIpc) is 2.20. The maximum absolute atomic E-state index is 2.67. The molecule has 2 bridgehead atoms. The summed E-state index contributed by atoms with van der Waals surface area (Å²) < 4.78 is 0.939. The molecule has 64 valence electrons. The van der Waals surface area contributed by atoms with Crippen molar-refractivity contribution in [2.75, 3.05) is 0 Å². The first-order chi connectivity index (χ1) is 4.98. The summed E-state index contributed by atoms with van der Waals surface area (Å²) >= 11 is 2.67. The molecule has 0 aromatic heterocycles. The third-order valence-electron chi connectivity index (χ3n) is 4.69. The number of hydrogen-bond acceptors (Lipinski definition) is 0. The van der Waals surface area contributed by atoms with Crippen LogP contribution < -0.4 is 0 Å². The molecule has 0 spiro atoms. The maximum atomic E-state index is 2.67. The number of fused-ring (bicyclic) bond motifs is 2. The lowest BCUT2D eigenvalue weighted by Gasteiger charge is -2.36. The van der Waals surface area contributed by atoms with Gasteiger partial charge in [-0.25, -0.2) is 0 Å². The molecule has 0 nitrogen and oxygen atoms in total. The fourth-order valence-electron chi connectivity index (χ4n) is 3.11. The van der Waals surface area contributed by atoms with E-state index in [-0.39, 0.29) is 0 Å². The summed E-state index contributed by atoms with van der Waals surface area (Å²) in [5.41, 5.74) is 1.27. The molecule has 2 aliphatic rings. The Hall–Kier alpha value is 0.730. The SMILES string of the molecule is CC1(C)C2CCC1(C)C(I)C2. The van der Waals surface area contributed by atoms with E-state index in [1.807, 2.05) is 0 Å². The maximum Gasteiger partial charge on any atom is 0.0171 e. The van der Waals surface area contributed by atoms with Crippen LogP contribution in [0.3, 0.4) is 0 Å². The van der Waals surface area contributed by atoms with Crippen molar-refractivity contribution in [3.05, 3.63) is 0 Å². The molecule has 0 aromatic rings. The summed E-state index contributed by atoms with van der Waals surface area (Å²) in [6.07, 6.45) is 4.44. The normalized spacial score (nSPS) is 53.5. The molecular weight excluding hydrogens is 247 g/mol. The molecule has 0 heterocycles. The molecule has 0 radical (unpaired) electrons. The molecule has 1 heteroatoms. The molecule has 2 saturated carbocycles. The first-order valence-corrected chi connectivity index (χ1v) is 5.87. The zero-order valence-electron chi connectivity index (χ0n) is 7.65. The molecule has 0 saturated heterocycles. The Morgan fingerprint density at radius 3 is 2.09 bits per heavy atom. The lowest BCUT2D eigenvalue weighted by atomic mass is 9.71. The number of rotatable bonds is 0. The van der Waals surface area contributed by atoms with Crippen LogP contribution >= 0.6 is 22.6 Å². The van der Waals surface area contributed by atoms with Gasteiger partial charge >= 0.3 is 0 Å². The summed E-state index contributed by atoms with van der Waals surface area (Å²) in [4.78, 5) is 0. The Labute approximate surface area is 83.3 Å². The Bertz CT molecular complexity index is 185. The van der Waals surface area contributed by atoms with Gasteiger partial charge in [-0.05, 0) is 36.0 Å². The molecule has 0 amide bonds. The number of alkyl halides is 1. The zero-order chi connectivity index (χ0) is 8.28. The topological polar surface area (TPSA) is 0 Å². The van der Waals surface area contributed by atoms with E-state index in [0.29, 0.717) is 10.8 Å². The first kappa shape index (κ1) is 8.33.